The highest BCUT2D eigenvalue weighted by Gasteiger charge is 2.19. The molecule has 4 nitrogen and oxygen atoms in total. The summed E-state index contributed by atoms with van der Waals surface area (Å²) in [6.45, 7) is 4.76. The number of rotatable bonds is 9. The van der Waals surface area contributed by atoms with Gasteiger partial charge in [0.05, 0.1) is 7.11 Å². The fourth-order valence-electron chi connectivity index (χ4n) is 2.54. The number of aliphatic imine (C=N–C) groups is 1. The Kier molecular flexibility index (Phi) is 7.07. The van der Waals surface area contributed by atoms with E-state index in [-0.39, 0.29) is 0 Å². The van der Waals surface area contributed by atoms with Crippen LogP contribution in [0.15, 0.2) is 29.3 Å². The van der Waals surface area contributed by atoms with Crippen LogP contribution in [0.2, 0.25) is 0 Å². The van der Waals surface area contributed by atoms with E-state index in [4.69, 9.17) is 4.74 Å². The normalized spacial score (nSPS) is 14.7. The molecular weight excluding hydrogens is 274 g/mol. The minimum atomic E-state index is 0.856. The molecule has 0 atom stereocenters. The molecule has 2 N–H and O–H groups in total. The summed E-state index contributed by atoms with van der Waals surface area (Å²) in [5.41, 5.74) is 1.22. The van der Waals surface area contributed by atoms with Crippen molar-refractivity contribution in [2.45, 2.75) is 39.0 Å². The van der Waals surface area contributed by atoms with Crippen LogP contribution in [0.25, 0.3) is 0 Å². The van der Waals surface area contributed by atoms with Crippen LogP contribution in [0, 0.1) is 5.92 Å². The number of nitrogens with one attached hydrogen (secondary N) is 2. The van der Waals surface area contributed by atoms with Gasteiger partial charge in [0.15, 0.2) is 5.96 Å². The predicted octanol–water partition coefficient (Wildman–Crippen LogP) is 2.98. The molecule has 0 unspecified atom stereocenters. The largest absolute Gasteiger partial charge is 0.496 e. The van der Waals surface area contributed by atoms with Crippen molar-refractivity contribution in [2.75, 3.05) is 26.7 Å². The molecule has 1 aliphatic rings. The standard InChI is InChI=1S/C18H29N3O/c1-3-19-18(20-13-6-7-15-10-11-15)21-14-12-16-8-4-5-9-17(16)22-2/h4-5,8-9,15H,3,6-7,10-14H2,1-2H3,(H2,19,20,21). The smallest absolute Gasteiger partial charge is 0.191 e. The molecule has 22 heavy (non-hydrogen) atoms. The van der Waals surface area contributed by atoms with Crippen LogP contribution in [0.1, 0.15) is 38.2 Å². The Balaban J connectivity index is 1.73. The number of hydrogen-bond acceptors (Lipinski definition) is 2. The Hall–Kier alpha value is -1.71. The monoisotopic (exact) mass is 303 g/mol. The molecule has 1 fully saturated rings. The van der Waals surface area contributed by atoms with Crippen LogP contribution in [-0.2, 0) is 6.42 Å². The van der Waals surface area contributed by atoms with E-state index in [0.29, 0.717) is 0 Å². The number of methoxy groups -OCH3 is 1. The molecule has 0 aromatic heterocycles. The molecular formula is C18H29N3O. The van der Waals surface area contributed by atoms with E-state index in [9.17, 15) is 0 Å². The minimum absolute atomic E-state index is 0.856. The van der Waals surface area contributed by atoms with Crippen LogP contribution in [-0.4, -0.2) is 32.7 Å². The number of guanidine groups is 1. The number of nitrogens with zero attached hydrogens (tertiary/aromatic N) is 1. The van der Waals surface area contributed by atoms with Gasteiger partial charge in [-0.05, 0) is 43.7 Å². The molecule has 0 heterocycles. The van der Waals surface area contributed by atoms with E-state index < -0.39 is 0 Å². The first-order valence-corrected chi connectivity index (χ1v) is 8.47. The quantitative estimate of drug-likeness (QED) is 0.419. The lowest BCUT2D eigenvalue weighted by molar-refractivity contribution is 0.409. The van der Waals surface area contributed by atoms with Crippen LogP contribution in [0.4, 0.5) is 0 Å². The van der Waals surface area contributed by atoms with Crippen molar-refractivity contribution in [3.63, 3.8) is 0 Å². The van der Waals surface area contributed by atoms with Gasteiger partial charge in [0.2, 0.25) is 0 Å². The predicted molar refractivity (Wildman–Crippen MR) is 92.6 cm³/mol. The maximum Gasteiger partial charge on any atom is 0.191 e. The summed E-state index contributed by atoms with van der Waals surface area (Å²) >= 11 is 0. The van der Waals surface area contributed by atoms with E-state index >= 15 is 0 Å². The van der Waals surface area contributed by atoms with Crippen molar-refractivity contribution >= 4 is 5.96 Å². The molecule has 1 saturated carbocycles. The average Bonchev–Trinajstić information content (AvgIpc) is 3.36. The Morgan fingerprint density at radius 2 is 2.09 bits per heavy atom. The fourth-order valence-corrected chi connectivity index (χ4v) is 2.54. The first-order chi connectivity index (χ1) is 10.8. The van der Waals surface area contributed by atoms with Gasteiger partial charge >= 0.3 is 0 Å². The zero-order valence-electron chi connectivity index (χ0n) is 13.9. The van der Waals surface area contributed by atoms with Crippen LogP contribution >= 0.6 is 0 Å². The molecule has 4 heteroatoms. The second kappa shape index (κ2) is 9.34. The zero-order valence-corrected chi connectivity index (χ0v) is 13.9. The summed E-state index contributed by atoms with van der Waals surface area (Å²) < 4.78 is 5.38. The third-order valence-corrected chi connectivity index (χ3v) is 3.96. The molecule has 1 aromatic carbocycles. The second-order valence-electron chi connectivity index (χ2n) is 5.83. The number of ether oxygens (including phenoxy) is 1. The summed E-state index contributed by atoms with van der Waals surface area (Å²) in [7, 11) is 1.72. The summed E-state index contributed by atoms with van der Waals surface area (Å²) in [5, 5.41) is 6.72. The summed E-state index contributed by atoms with van der Waals surface area (Å²) in [6, 6.07) is 8.17. The van der Waals surface area contributed by atoms with E-state index in [1.54, 1.807) is 7.11 Å². The van der Waals surface area contributed by atoms with Gasteiger partial charge in [0.1, 0.15) is 5.75 Å². The Morgan fingerprint density at radius 1 is 1.27 bits per heavy atom. The molecule has 1 aliphatic carbocycles. The fraction of sp³-hybridized carbons (Fsp3) is 0.611. The molecule has 0 radical (unpaired) electrons. The van der Waals surface area contributed by atoms with Gasteiger partial charge in [0.25, 0.3) is 0 Å². The lowest BCUT2D eigenvalue weighted by atomic mass is 10.1. The summed E-state index contributed by atoms with van der Waals surface area (Å²) in [6.07, 6.45) is 6.33. The highest BCUT2D eigenvalue weighted by molar-refractivity contribution is 5.79. The Labute approximate surface area is 134 Å². The van der Waals surface area contributed by atoms with E-state index in [0.717, 1.165) is 43.7 Å². The van der Waals surface area contributed by atoms with Crippen molar-refractivity contribution in [3.8, 4) is 5.75 Å². The molecule has 122 valence electrons. The summed E-state index contributed by atoms with van der Waals surface area (Å²) in [5.74, 6) is 2.88. The van der Waals surface area contributed by atoms with Crippen molar-refractivity contribution < 1.29 is 4.74 Å². The van der Waals surface area contributed by atoms with Crippen molar-refractivity contribution in [1.29, 1.82) is 0 Å². The van der Waals surface area contributed by atoms with Gasteiger partial charge in [0, 0.05) is 19.6 Å². The third kappa shape index (κ3) is 5.96. The van der Waals surface area contributed by atoms with Gasteiger partial charge in [-0.25, -0.2) is 0 Å². The lowest BCUT2D eigenvalue weighted by Crippen LogP contribution is -2.38. The maximum absolute atomic E-state index is 5.38. The zero-order chi connectivity index (χ0) is 15.6. The lowest BCUT2D eigenvalue weighted by Gasteiger charge is -2.12. The highest BCUT2D eigenvalue weighted by atomic mass is 16.5. The van der Waals surface area contributed by atoms with Crippen LogP contribution in [0.3, 0.4) is 0 Å². The van der Waals surface area contributed by atoms with Gasteiger partial charge in [-0.15, -0.1) is 0 Å². The first-order valence-electron chi connectivity index (χ1n) is 8.47. The van der Waals surface area contributed by atoms with Gasteiger partial charge in [-0.2, -0.15) is 0 Å². The van der Waals surface area contributed by atoms with Crippen LogP contribution in [0.5, 0.6) is 5.75 Å². The van der Waals surface area contributed by atoms with E-state index in [1.807, 2.05) is 12.1 Å². The van der Waals surface area contributed by atoms with Crippen molar-refractivity contribution in [2.24, 2.45) is 10.9 Å². The van der Waals surface area contributed by atoms with Crippen molar-refractivity contribution in [3.05, 3.63) is 29.8 Å². The topological polar surface area (TPSA) is 45.7 Å². The molecule has 1 aromatic rings. The van der Waals surface area contributed by atoms with Crippen LogP contribution < -0.4 is 15.4 Å². The second-order valence-corrected chi connectivity index (χ2v) is 5.83. The van der Waals surface area contributed by atoms with Gasteiger partial charge in [-0.3, -0.25) is 4.99 Å². The first kappa shape index (κ1) is 16.7. The Bertz CT molecular complexity index is 469. The SMILES string of the molecule is CCNC(=NCCCC1CC1)NCCc1ccccc1OC. The highest BCUT2D eigenvalue weighted by Crippen LogP contribution is 2.33. The number of hydrogen-bond donors (Lipinski definition) is 2. The Morgan fingerprint density at radius 3 is 2.82 bits per heavy atom. The third-order valence-electron chi connectivity index (χ3n) is 3.96. The van der Waals surface area contributed by atoms with Gasteiger partial charge in [-0.1, -0.05) is 31.0 Å². The van der Waals surface area contributed by atoms with E-state index in [1.165, 1.54) is 31.2 Å². The molecule has 0 aliphatic heterocycles. The molecule has 0 saturated heterocycles. The molecule has 2 rings (SSSR count). The van der Waals surface area contributed by atoms with E-state index in [2.05, 4.69) is 34.7 Å². The minimum Gasteiger partial charge on any atom is -0.496 e. The number of para-hydroxylation sites is 1. The average molecular weight is 303 g/mol. The molecule has 0 amide bonds. The van der Waals surface area contributed by atoms with Gasteiger partial charge < -0.3 is 15.4 Å². The maximum atomic E-state index is 5.38. The number of benzene rings is 1. The summed E-state index contributed by atoms with van der Waals surface area (Å²) in [4.78, 5) is 4.65. The molecule has 0 bridgehead atoms. The van der Waals surface area contributed by atoms with Crippen molar-refractivity contribution in [1.82, 2.24) is 10.6 Å². The molecule has 0 spiro atoms.